The van der Waals surface area contributed by atoms with Crippen molar-refractivity contribution in [3.63, 3.8) is 0 Å². The zero-order valence-electron chi connectivity index (χ0n) is 14.6. The first-order chi connectivity index (χ1) is 12.0. The van der Waals surface area contributed by atoms with Gasteiger partial charge in [-0.1, -0.05) is 26.0 Å². The van der Waals surface area contributed by atoms with E-state index in [1.807, 2.05) is 30.5 Å². The van der Waals surface area contributed by atoms with E-state index in [0.29, 0.717) is 16.7 Å². The van der Waals surface area contributed by atoms with Gasteiger partial charge in [0, 0.05) is 25.4 Å². The summed E-state index contributed by atoms with van der Waals surface area (Å²) in [6.45, 7) is 4.45. The third-order valence-electron chi connectivity index (χ3n) is 4.10. The van der Waals surface area contributed by atoms with Crippen LogP contribution < -0.4 is 10.9 Å². The molecule has 0 aliphatic heterocycles. The molecule has 0 saturated heterocycles. The highest BCUT2D eigenvalue weighted by molar-refractivity contribution is 5.78. The average molecular weight is 339 g/mol. The number of nitrogens with zero attached hydrogens (tertiary/aromatic N) is 4. The molecule has 3 rings (SSSR count). The molecule has 0 radical (unpaired) electrons. The Bertz CT molecular complexity index is 971. The van der Waals surface area contributed by atoms with Crippen molar-refractivity contribution >= 4 is 16.8 Å². The predicted octanol–water partition coefficient (Wildman–Crippen LogP) is 1.57. The van der Waals surface area contributed by atoms with Gasteiger partial charge in [-0.15, -0.1) is 0 Å². The van der Waals surface area contributed by atoms with E-state index in [-0.39, 0.29) is 30.5 Å². The van der Waals surface area contributed by atoms with Gasteiger partial charge in [-0.2, -0.15) is 0 Å². The van der Waals surface area contributed by atoms with Crippen LogP contribution >= 0.6 is 0 Å². The highest BCUT2D eigenvalue weighted by atomic mass is 16.2. The van der Waals surface area contributed by atoms with Gasteiger partial charge in [0.2, 0.25) is 5.91 Å². The van der Waals surface area contributed by atoms with Crippen LogP contribution in [0.4, 0.5) is 0 Å². The second-order valence-corrected chi connectivity index (χ2v) is 6.25. The molecule has 0 atom stereocenters. The number of imidazole rings is 1. The Morgan fingerprint density at radius 3 is 2.80 bits per heavy atom. The minimum absolute atomic E-state index is 0.119. The standard InChI is InChI=1S/C18H21N5O2/c1-12(2)17-19-8-9-23(17)11-16(24)20-10-15-21-14-7-5-4-6-13(14)18(25)22(15)3/h4-9,12H,10-11H2,1-3H3,(H,20,24). The normalized spacial score (nSPS) is 11.2. The molecule has 7 nitrogen and oxygen atoms in total. The molecule has 0 aliphatic carbocycles. The average Bonchev–Trinajstić information content (AvgIpc) is 3.05. The van der Waals surface area contributed by atoms with Gasteiger partial charge in [-0.05, 0) is 12.1 Å². The van der Waals surface area contributed by atoms with Crippen LogP contribution in [0.15, 0.2) is 41.5 Å². The molecule has 1 amide bonds. The van der Waals surface area contributed by atoms with Crippen molar-refractivity contribution in [3.8, 4) is 0 Å². The van der Waals surface area contributed by atoms with Gasteiger partial charge in [0.15, 0.2) is 0 Å². The summed E-state index contributed by atoms with van der Waals surface area (Å²) >= 11 is 0. The van der Waals surface area contributed by atoms with Crippen molar-refractivity contribution in [1.29, 1.82) is 0 Å². The number of carbonyl (C=O) groups excluding carboxylic acids is 1. The fraction of sp³-hybridized carbons (Fsp3) is 0.333. The molecular weight excluding hydrogens is 318 g/mol. The van der Waals surface area contributed by atoms with Gasteiger partial charge in [-0.3, -0.25) is 14.2 Å². The van der Waals surface area contributed by atoms with E-state index in [0.717, 1.165) is 5.82 Å². The summed E-state index contributed by atoms with van der Waals surface area (Å²) in [6, 6.07) is 7.19. The molecule has 130 valence electrons. The fourth-order valence-corrected chi connectivity index (χ4v) is 2.77. The quantitative estimate of drug-likeness (QED) is 0.765. The van der Waals surface area contributed by atoms with Gasteiger partial charge >= 0.3 is 0 Å². The van der Waals surface area contributed by atoms with Crippen LogP contribution in [0.1, 0.15) is 31.4 Å². The Kier molecular flexibility index (Phi) is 4.65. The monoisotopic (exact) mass is 339 g/mol. The van der Waals surface area contributed by atoms with Crippen LogP contribution in [0.25, 0.3) is 10.9 Å². The first-order valence-electron chi connectivity index (χ1n) is 8.19. The summed E-state index contributed by atoms with van der Waals surface area (Å²) in [5, 5.41) is 3.40. The van der Waals surface area contributed by atoms with E-state index in [1.54, 1.807) is 31.6 Å². The molecule has 3 aromatic rings. The maximum Gasteiger partial charge on any atom is 0.261 e. The minimum atomic E-state index is -0.151. The molecule has 2 heterocycles. The molecule has 7 heteroatoms. The Hall–Kier alpha value is -2.96. The molecule has 0 unspecified atom stereocenters. The van der Waals surface area contributed by atoms with Crippen LogP contribution in [0.5, 0.6) is 0 Å². The van der Waals surface area contributed by atoms with E-state index in [2.05, 4.69) is 15.3 Å². The van der Waals surface area contributed by atoms with Crippen molar-refractivity contribution in [2.24, 2.45) is 7.05 Å². The number of nitrogens with one attached hydrogen (secondary N) is 1. The van der Waals surface area contributed by atoms with Gasteiger partial charge in [-0.25, -0.2) is 9.97 Å². The molecule has 0 spiro atoms. The van der Waals surface area contributed by atoms with E-state index >= 15 is 0 Å². The molecule has 0 fully saturated rings. The molecule has 1 aromatic carbocycles. The van der Waals surface area contributed by atoms with Gasteiger partial charge in [0.05, 0.1) is 17.4 Å². The molecule has 0 aliphatic rings. The molecule has 1 N–H and O–H groups in total. The SMILES string of the molecule is CC(C)c1nccn1CC(=O)NCc1nc2ccccc2c(=O)n1C. The van der Waals surface area contributed by atoms with Crippen LogP contribution in [0.3, 0.4) is 0 Å². The summed E-state index contributed by atoms with van der Waals surface area (Å²) in [7, 11) is 1.66. The highest BCUT2D eigenvalue weighted by Crippen LogP contribution is 2.11. The Morgan fingerprint density at radius 1 is 1.28 bits per heavy atom. The van der Waals surface area contributed by atoms with Crippen LogP contribution in [0, 0.1) is 0 Å². The van der Waals surface area contributed by atoms with E-state index < -0.39 is 0 Å². The number of hydrogen-bond acceptors (Lipinski definition) is 4. The van der Waals surface area contributed by atoms with Gasteiger partial charge in [0.25, 0.3) is 5.56 Å². The zero-order chi connectivity index (χ0) is 18.0. The number of para-hydroxylation sites is 1. The topological polar surface area (TPSA) is 81.8 Å². The van der Waals surface area contributed by atoms with Crippen molar-refractivity contribution in [2.75, 3.05) is 0 Å². The maximum absolute atomic E-state index is 12.4. The second kappa shape index (κ2) is 6.88. The lowest BCUT2D eigenvalue weighted by atomic mass is 10.2. The first-order valence-corrected chi connectivity index (χ1v) is 8.19. The lowest BCUT2D eigenvalue weighted by Gasteiger charge is -2.12. The van der Waals surface area contributed by atoms with E-state index in [4.69, 9.17) is 0 Å². The number of carbonyl (C=O) groups is 1. The lowest BCUT2D eigenvalue weighted by Crippen LogP contribution is -2.31. The molecular formula is C18H21N5O2. The Labute approximate surface area is 145 Å². The van der Waals surface area contributed by atoms with E-state index in [9.17, 15) is 9.59 Å². The van der Waals surface area contributed by atoms with Gasteiger partial charge in [0.1, 0.15) is 18.2 Å². The zero-order valence-corrected chi connectivity index (χ0v) is 14.6. The summed E-state index contributed by atoms with van der Waals surface area (Å²) in [5.74, 6) is 1.48. The third kappa shape index (κ3) is 3.45. The Balaban J connectivity index is 1.74. The second-order valence-electron chi connectivity index (χ2n) is 6.25. The van der Waals surface area contributed by atoms with E-state index in [1.165, 1.54) is 4.57 Å². The largest absolute Gasteiger partial charge is 0.347 e. The number of fused-ring (bicyclic) bond motifs is 1. The van der Waals surface area contributed by atoms with Crippen molar-refractivity contribution < 1.29 is 4.79 Å². The molecule has 0 bridgehead atoms. The summed E-state index contributed by atoms with van der Waals surface area (Å²) in [6.07, 6.45) is 3.48. The van der Waals surface area contributed by atoms with Crippen molar-refractivity contribution in [3.05, 3.63) is 58.7 Å². The summed E-state index contributed by atoms with van der Waals surface area (Å²) < 4.78 is 3.30. The van der Waals surface area contributed by atoms with Crippen molar-refractivity contribution in [2.45, 2.75) is 32.9 Å². The predicted molar refractivity (Wildman–Crippen MR) is 95.1 cm³/mol. The highest BCUT2D eigenvalue weighted by Gasteiger charge is 2.12. The molecule has 2 aromatic heterocycles. The van der Waals surface area contributed by atoms with Crippen molar-refractivity contribution in [1.82, 2.24) is 24.4 Å². The Morgan fingerprint density at radius 2 is 2.04 bits per heavy atom. The first kappa shape index (κ1) is 16.9. The number of amides is 1. The van der Waals surface area contributed by atoms with Gasteiger partial charge < -0.3 is 9.88 Å². The minimum Gasteiger partial charge on any atom is -0.347 e. The maximum atomic E-state index is 12.4. The summed E-state index contributed by atoms with van der Waals surface area (Å²) in [4.78, 5) is 33.4. The van der Waals surface area contributed by atoms with Crippen LogP contribution in [-0.2, 0) is 24.9 Å². The lowest BCUT2D eigenvalue weighted by molar-refractivity contribution is -0.121. The smallest absolute Gasteiger partial charge is 0.261 e. The molecule has 25 heavy (non-hydrogen) atoms. The summed E-state index contributed by atoms with van der Waals surface area (Å²) in [5.41, 5.74) is 0.512. The number of aromatic nitrogens is 4. The van der Waals surface area contributed by atoms with Crippen LogP contribution in [-0.4, -0.2) is 25.0 Å². The fourth-order valence-electron chi connectivity index (χ4n) is 2.77. The number of rotatable bonds is 5. The number of benzene rings is 1. The molecule has 0 saturated carbocycles. The number of hydrogen-bond donors (Lipinski definition) is 1. The third-order valence-corrected chi connectivity index (χ3v) is 4.10. The van der Waals surface area contributed by atoms with Crippen LogP contribution in [0.2, 0.25) is 0 Å².